The molecule has 0 amide bonds. The van der Waals surface area contributed by atoms with Crippen molar-refractivity contribution in [1.82, 2.24) is 9.88 Å². The maximum Gasteiger partial charge on any atom is 0.124 e. The fourth-order valence-corrected chi connectivity index (χ4v) is 3.42. The van der Waals surface area contributed by atoms with Crippen LogP contribution in [0.25, 0.3) is 10.9 Å². The molecular formula is C18H24FN3O3. The van der Waals surface area contributed by atoms with Gasteiger partial charge in [0.25, 0.3) is 0 Å². The van der Waals surface area contributed by atoms with Crippen molar-refractivity contribution < 1.29 is 19.7 Å². The van der Waals surface area contributed by atoms with Crippen LogP contribution < -0.4 is 4.90 Å². The van der Waals surface area contributed by atoms with Gasteiger partial charge in [0.15, 0.2) is 0 Å². The molecule has 0 aliphatic carbocycles. The molecule has 136 valence electrons. The van der Waals surface area contributed by atoms with Gasteiger partial charge in [-0.05, 0) is 31.2 Å². The maximum atomic E-state index is 13.7. The molecule has 1 atom stereocenters. The number of rotatable bonds is 4. The first-order valence-electron chi connectivity index (χ1n) is 8.47. The Kier molecular flexibility index (Phi) is 5.48. The monoisotopic (exact) mass is 349 g/mol. The molecule has 1 aromatic carbocycles. The van der Waals surface area contributed by atoms with E-state index < -0.39 is 6.10 Å². The zero-order chi connectivity index (χ0) is 18.0. The molecular weight excluding hydrogens is 325 g/mol. The van der Waals surface area contributed by atoms with Gasteiger partial charge in [-0.2, -0.15) is 0 Å². The first-order chi connectivity index (χ1) is 12.0. The molecule has 0 bridgehead atoms. The molecule has 0 unspecified atom stereocenters. The number of aryl methyl sites for hydroxylation is 1. The summed E-state index contributed by atoms with van der Waals surface area (Å²) in [4.78, 5) is 8.36. The van der Waals surface area contributed by atoms with Crippen molar-refractivity contribution in [2.45, 2.75) is 19.1 Å². The number of hydrogen-bond acceptors (Lipinski definition) is 6. The standard InChI is InChI=1S/C18H24FN3O3/c1-12-6-18(16-7-13(19)2-3-17(16)20-12)22-5-4-21(8-15(25)9-22)14(10-23)11-24/h2-3,6-7,14-15,23-25H,4-5,8-11H2,1H3/t15-/m1/s1. The Bertz CT molecular complexity index is 739. The zero-order valence-corrected chi connectivity index (χ0v) is 14.3. The number of fused-ring (bicyclic) bond motifs is 1. The van der Waals surface area contributed by atoms with Crippen LogP contribution in [0.15, 0.2) is 24.3 Å². The van der Waals surface area contributed by atoms with Gasteiger partial charge in [0.2, 0.25) is 0 Å². The topological polar surface area (TPSA) is 80.1 Å². The molecule has 1 saturated heterocycles. The summed E-state index contributed by atoms with van der Waals surface area (Å²) in [5.74, 6) is -0.322. The van der Waals surface area contributed by atoms with Gasteiger partial charge < -0.3 is 20.2 Å². The highest BCUT2D eigenvalue weighted by molar-refractivity contribution is 5.92. The third-order valence-corrected chi connectivity index (χ3v) is 4.69. The second-order valence-corrected chi connectivity index (χ2v) is 6.56. The molecule has 3 N–H and O–H groups in total. The van der Waals surface area contributed by atoms with Gasteiger partial charge in [-0.15, -0.1) is 0 Å². The highest BCUT2D eigenvalue weighted by Gasteiger charge is 2.26. The van der Waals surface area contributed by atoms with Crippen LogP contribution in [0.4, 0.5) is 10.1 Å². The summed E-state index contributed by atoms with van der Waals surface area (Å²) in [6.07, 6.45) is -0.639. The Labute approximate surface area is 146 Å². The summed E-state index contributed by atoms with van der Waals surface area (Å²) in [7, 11) is 0. The van der Waals surface area contributed by atoms with Gasteiger partial charge in [-0.3, -0.25) is 9.88 Å². The Balaban J connectivity index is 1.94. The van der Waals surface area contributed by atoms with Crippen molar-refractivity contribution in [3.05, 3.63) is 35.8 Å². The van der Waals surface area contributed by atoms with E-state index in [1.807, 2.05) is 22.8 Å². The first-order valence-corrected chi connectivity index (χ1v) is 8.47. The van der Waals surface area contributed by atoms with Crippen LogP contribution in [0.2, 0.25) is 0 Å². The second kappa shape index (κ2) is 7.61. The summed E-state index contributed by atoms with van der Waals surface area (Å²) in [6, 6.07) is 6.04. The minimum absolute atomic E-state index is 0.161. The van der Waals surface area contributed by atoms with E-state index in [0.29, 0.717) is 31.6 Å². The number of hydrogen-bond donors (Lipinski definition) is 3. The quantitative estimate of drug-likeness (QED) is 0.747. The predicted octanol–water partition coefficient (Wildman–Crippen LogP) is 0.518. The van der Waals surface area contributed by atoms with Gasteiger partial charge in [0.1, 0.15) is 5.82 Å². The molecule has 7 heteroatoms. The molecule has 6 nitrogen and oxygen atoms in total. The Morgan fingerprint density at radius 3 is 2.68 bits per heavy atom. The van der Waals surface area contributed by atoms with Crippen LogP contribution in [-0.2, 0) is 0 Å². The summed E-state index contributed by atoms with van der Waals surface area (Å²) in [5, 5.41) is 29.9. The number of β-amino-alcohol motifs (C(OH)–C–C–N with tert-alkyl or cyclic N) is 1. The molecule has 0 saturated carbocycles. The minimum atomic E-state index is -0.639. The van der Waals surface area contributed by atoms with Crippen molar-refractivity contribution in [1.29, 1.82) is 0 Å². The smallest absolute Gasteiger partial charge is 0.124 e. The summed E-state index contributed by atoms with van der Waals surface area (Å²) < 4.78 is 13.7. The second-order valence-electron chi connectivity index (χ2n) is 6.56. The number of halogens is 1. The molecule has 1 aromatic heterocycles. The van der Waals surface area contributed by atoms with Crippen LogP contribution in [0, 0.1) is 12.7 Å². The van der Waals surface area contributed by atoms with Crippen LogP contribution in [0.5, 0.6) is 0 Å². The molecule has 1 fully saturated rings. The third-order valence-electron chi connectivity index (χ3n) is 4.69. The largest absolute Gasteiger partial charge is 0.395 e. The van der Waals surface area contributed by atoms with Gasteiger partial charge in [-0.1, -0.05) is 0 Å². The van der Waals surface area contributed by atoms with E-state index in [9.17, 15) is 19.7 Å². The van der Waals surface area contributed by atoms with Crippen LogP contribution in [0.1, 0.15) is 5.69 Å². The van der Waals surface area contributed by atoms with E-state index in [1.54, 1.807) is 6.07 Å². The average Bonchev–Trinajstić information content (AvgIpc) is 2.77. The van der Waals surface area contributed by atoms with Gasteiger partial charge in [0.05, 0.1) is 30.9 Å². The van der Waals surface area contributed by atoms with Crippen molar-refractivity contribution >= 4 is 16.6 Å². The molecule has 3 rings (SSSR count). The van der Waals surface area contributed by atoms with E-state index in [0.717, 1.165) is 16.9 Å². The number of benzene rings is 1. The van der Waals surface area contributed by atoms with Gasteiger partial charge in [0, 0.05) is 42.9 Å². The highest BCUT2D eigenvalue weighted by Crippen LogP contribution is 2.28. The lowest BCUT2D eigenvalue weighted by molar-refractivity contribution is 0.0483. The molecule has 0 radical (unpaired) electrons. The van der Waals surface area contributed by atoms with Crippen molar-refractivity contribution in [3.63, 3.8) is 0 Å². The molecule has 2 aromatic rings. The summed E-state index contributed by atoms with van der Waals surface area (Å²) in [5.41, 5.74) is 2.39. The number of aliphatic hydroxyl groups is 3. The number of pyridine rings is 1. The molecule has 1 aliphatic heterocycles. The Hall–Kier alpha value is -1.80. The Morgan fingerprint density at radius 2 is 1.96 bits per heavy atom. The number of aliphatic hydroxyl groups excluding tert-OH is 3. The van der Waals surface area contributed by atoms with E-state index in [-0.39, 0.29) is 25.1 Å². The van der Waals surface area contributed by atoms with Gasteiger partial charge >= 0.3 is 0 Å². The SMILES string of the molecule is Cc1cc(N2CCN(C(CO)CO)C[C@@H](O)C2)c2cc(F)ccc2n1. The predicted molar refractivity (Wildman–Crippen MR) is 94.2 cm³/mol. The van der Waals surface area contributed by atoms with Gasteiger partial charge in [-0.25, -0.2) is 4.39 Å². The van der Waals surface area contributed by atoms with Crippen molar-refractivity contribution in [2.24, 2.45) is 0 Å². The highest BCUT2D eigenvalue weighted by atomic mass is 19.1. The van der Waals surface area contributed by atoms with Crippen molar-refractivity contribution in [2.75, 3.05) is 44.3 Å². The lowest BCUT2D eigenvalue weighted by atomic mass is 10.1. The molecule has 25 heavy (non-hydrogen) atoms. The minimum Gasteiger partial charge on any atom is -0.395 e. The Morgan fingerprint density at radius 1 is 1.20 bits per heavy atom. The third kappa shape index (κ3) is 3.90. The van der Waals surface area contributed by atoms with E-state index >= 15 is 0 Å². The zero-order valence-electron chi connectivity index (χ0n) is 14.3. The number of nitrogens with zero attached hydrogens (tertiary/aromatic N) is 3. The number of aromatic nitrogens is 1. The maximum absolute atomic E-state index is 13.7. The average molecular weight is 349 g/mol. The van der Waals surface area contributed by atoms with Crippen LogP contribution in [-0.4, -0.2) is 76.7 Å². The lowest BCUT2D eigenvalue weighted by Gasteiger charge is -2.28. The summed E-state index contributed by atoms with van der Waals surface area (Å²) in [6.45, 7) is 3.52. The first kappa shape index (κ1) is 18.0. The van der Waals surface area contributed by atoms with E-state index in [1.165, 1.54) is 12.1 Å². The molecule has 0 spiro atoms. The lowest BCUT2D eigenvalue weighted by Crippen LogP contribution is -2.44. The molecule has 1 aliphatic rings. The molecule has 2 heterocycles. The fourth-order valence-electron chi connectivity index (χ4n) is 3.42. The van der Waals surface area contributed by atoms with Crippen LogP contribution in [0.3, 0.4) is 0 Å². The normalized spacial score (nSPS) is 19.6. The number of anilines is 1. The fraction of sp³-hybridized carbons (Fsp3) is 0.500. The van der Waals surface area contributed by atoms with Crippen LogP contribution >= 0.6 is 0 Å². The van der Waals surface area contributed by atoms with E-state index in [4.69, 9.17) is 0 Å². The summed E-state index contributed by atoms with van der Waals surface area (Å²) >= 11 is 0. The van der Waals surface area contributed by atoms with Crippen molar-refractivity contribution in [3.8, 4) is 0 Å². The van der Waals surface area contributed by atoms with E-state index in [2.05, 4.69) is 4.98 Å².